The van der Waals surface area contributed by atoms with E-state index in [2.05, 4.69) is 4.99 Å². The summed E-state index contributed by atoms with van der Waals surface area (Å²) in [5, 5.41) is 1.93. The molecule has 1 atom stereocenters. The van der Waals surface area contributed by atoms with Crippen LogP contribution in [0.25, 0.3) is 6.08 Å². The van der Waals surface area contributed by atoms with E-state index >= 15 is 0 Å². The number of thiophene rings is 1. The van der Waals surface area contributed by atoms with Gasteiger partial charge in [-0.25, -0.2) is 9.79 Å². The number of carbonyl (C=O) groups is 1. The van der Waals surface area contributed by atoms with Gasteiger partial charge in [-0.2, -0.15) is 0 Å². The second-order valence-corrected chi connectivity index (χ2v) is 10.9. The maximum Gasteiger partial charge on any atom is 0.338 e. The smallest absolute Gasteiger partial charge is 0.338 e. The number of carbonyl (C=O) groups excluding carboxylic acids is 1. The Balaban J connectivity index is 1.27. The minimum absolute atomic E-state index is 0.199. The van der Waals surface area contributed by atoms with Gasteiger partial charge in [0.1, 0.15) is 18.4 Å². The summed E-state index contributed by atoms with van der Waals surface area (Å²) in [6.07, 6.45) is 1.83. The van der Waals surface area contributed by atoms with Crippen LogP contribution in [0.3, 0.4) is 0 Å². The Morgan fingerprint density at radius 2 is 1.97 bits per heavy atom. The highest BCUT2D eigenvalue weighted by Gasteiger charge is 2.33. The van der Waals surface area contributed by atoms with E-state index in [0.29, 0.717) is 33.0 Å². The Labute approximate surface area is 231 Å². The minimum Gasteiger partial charge on any atom is -0.489 e. The van der Waals surface area contributed by atoms with Crippen LogP contribution in [-0.2, 0) is 16.1 Å². The molecule has 0 aliphatic carbocycles. The SMILES string of the molecule is CCOC(=O)C1=C(C)N=c2s/c(=C\c3ccc(OCc4ccc5c(c4)OCO5)cc3)c(=O)n2[C@H]1c1cccs1. The first-order valence-electron chi connectivity index (χ1n) is 12.4. The zero-order valence-electron chi connectivity index (χ0n) is 21.2. The Morgan fingerprint density at radius 1 is 1.15 bits per heavy atom. The number of hydrogen-bond donors (Lipinski definition) is 0. The zero-order valence-corrected chi connectivity index (χ0v) is 22.8. The molecule has 4 aromatic rings. The first-order valence-corrected chi connectivity index (χ1v) is 14.1. The quantitative estimate of drug-likeness (QED) is 0.316. The third kappa shape index (κ3) is 4.88. The van der Waals surface area contributed by atoms with E-state index in [1.165, 1.54) is 22.7 Å². The topological polar surface area (TPSA) is 88.4 Å². The number of aromatic nitrogens is 1. The lowest BCUT2D eigenvalue weighted by atomic mass is 10.0. The number of rotatable bonds is 7. The first kappa shape index (κ1) is 25.1. The largest absolute Gasteiger partial charge is 0.489 e. The van der Waals surface area contributed by atoms with Crippen LogP contribution in [0.5, 0.6) is 17.2 Å². The van der Waals surface area contributed by atoms with Crippen molar-refractivity contribution in [3.63, 3.8) is 0 Å². The number of esters is 1. The van der Waals surface area contributed by atoms with Crippen molar-refractivity contribution >= 4 is 34.7 Å². The van der Waals surface area contributed by atoms with Gasteiger partial charge < -0.3 is 18.9 Å². The lowest BCUT2D eigenvalue weighted by Gasteiger charge is -2.23. The highest BCUT2D eigenvalue weighted by atomic mass is 32.1. The van der Waals surface area contributed by atoms with E-state index in [4.69, 9.17) is 18.9 Å². The Bertz CT molecular complexity index is 1750. The van der Waals surface area contributed by atoms with Crippen LogP contribution in [0.1, 0.15) is 35.9 Å². The number of benzene rings is 2. The second kappa shape index (κ2) is 10.5. The van der Waals surface area contributed by atoms with Gasteiger partial charge in [0, 0.05) is 4.88 Å². The van der Waals surface area contributed by atoms with Gasteiger partial charge in [0.05, 0.1) is 22.4 Å². The summed E-state index contributed by atoms with van der Waals surface area (Å²) in [6, 6.07) is 16.5. The predicted octanol–water partition coefficient (Wildman–Crippen LogP) is 4.17. The minimum atomic E-state index is -0.575. The summed E-state index contributed by atoms with van der Waals surface area (Å²) >= 11 is 2.79. The highest BCUT2D eigenvalue weighted by Crippen LogP contribution is 2.34. The molecule has 6 rings (SSSR count). The van der Waals surface area contributed by atoms with Crippen molar-refractivity contribution < 1.29 is 23.7 Å². The van der Waals surface area contributed by atoms with Crippen LogP contribution < -0.4 is 29.1 Å². The lowest BCUT2D eigenvalue weighted by molar-refractivity contribution is -0.139. The molecule has 198 valence electrons. The fourth-order valence-electron chi connectivity index (χ4n) is 4.52. The monoisotopic (exact) mass is 560 g/mol. The van der Waals surface area contributed by atoms with Gasteiger partial charge in [0.2, 0.25) is 6.79 Å². The van der Waals surface area contributed by atoms with Gasteiger partial charge in [0.25, 0.3) is 5.56 Å². The summed E-state index contributed by atoms with van der Waals surface area (Å²) in [6.45, 7) is 4.41. The van der Waals surface area contributed by atoms with Gasteiger partial charge in [-0.3, -0.25) is 9.36 Å². The van der Waals surface area contributed by atoms with E-state index in [-0.39, 0.29) is 19.0 Å². The summed E-state index contributed by atoms with van der Waals surface area (Å²) in [5.41, 5.74) is 2.58. The standard InChI is InChI=1S/C29H24N2O6S2/c1-3-34-28(33)25-17(2)30-29-31(26(25)23-5-4-12-38-23)27(32)24(39-29)14-18-6-9-20(10-7-18)35-15-19-8-11-21-22(13-19)37-16-36-21/h4-14,26H,3,15-16H2,1-2H3/b24-14-/t26-/m0/s1. The van der Waals surface area contributed by atoms with Gasteiger partial charge in [-0.1, -0.05) is 35.6 Å². The van der Waals surface area contributed by atoms with Gasteiger partial charge >= 0.3 is 5.97 Å². The predicted molar refractivity (Wildman–Crippen MR) is 148 cm³/mol. The molecule has 39 heavy (non-hydrogen) atoms. The molecule has 8 nitrogen and oxygen atoms in total. The van der Waals surface area contributed by atoms with E-state index < -0.39 is 12.0 Å². The molecule has 0 N–H and O–H groups in total. The molecule has 0 spiro atoms. The molecule has 4 heterocycles. The average molecular weight is 561 g/mol. The van der Waals surface area contributed by atoms with E-state index in [0.717, 1.165) is 27.5 Å². The van der Waals surface area contributed by atoms with Gasteiger partial charge in [-0.15, -0.1) is 11.3 Å². The number of allylic oxidation sites excluding steroid dienone is 1. The van der Waals surface area contributed by atoms with E-state index in [9.17, 15) is 9.59 Å². The fourth-order valence-corrected chi connectivity index (χ4v) is 6.39. The molecular formula is C29H24N2O6S2. The molecule has 0 radical (unpaired) electrons. The molecular weight excluding hydrogens is 536 g/mol. The van der Waals surface area contributed by atoms with E-state index in [1.807, 2.05) is 66.1 Å². The van der Waals surface area contributed by atoms with Crippen molar-refractivity contribution in [1.29, 1.82) is 0 Å². The van der Waals surface area contributed by atoms with Gasteiger partial charge in [-0.05, 0) is 66.8 Å². The Kier molecular flexibility index (Phi) is 6.80. The summed E-state index contributed by atoms with van der Waals surface area (Å²) in [5.74, 6) is 1.71. The number of nitrogens with zero attached hydrogens (tertiary/aromatic N) is 2. The van der Waals surface area contributed by atoms with Crippen LogP contribution in [0.15, 0.2) is 81.0 Å². The molecule has 0 saturated carbocycles. The molecule has 0 amide bonds. The van der Waals surface area contributed by atoms with Crippen molar-refractivity contribution in [3.8, 4) is 17.2 Å². The molecule has 0 bridgehead atoms. The molecule has 0 saturated heterocycles. The maximum absolute atomic E-state index is 13.6. The van der Waals surface area contributed by atoms with Crippen LogP contribution in [0.2, 0.25) is 0 Å². The Morgan fingerprint density at radius 3 is 2.74 bits per heavy atom. The van der Waals surface area contributed by atoms with Crippen molar-refractivity contribution in [2.45, 2.75) is 26.5 Å². The van der Waals surface area contributed by atoms with Crippen molar-refractivity contribution in [3.05, 3.63) is 107 Å². The number of fused-ring (bicyclic) bond motifs is 2. The normalized spacial score (nSPS) is 16.2. The van der Waals surface area contributed by atoms with Crippen LogP contribution >= 0.6 is 22.7 Å². The third-order valence-corrected chi connectivity index (χ3v) is 8.26. The third-order valence-electron chi connectivity index (χ3n) is 6.35. The summed E-state index contributed by atoms with van der Waals surface area (Å²) in [4.78, 5) is 32.6. The van der Waals surface area contributed by atoms with Crippen molar-refractivity contribution in [2.24, 2.45) is 4.99 Å². The molecule has 2 aliphatic rings. The molecule has 0 fully saturated rings. The van der Waals surface area contributed by atoms with E-state index in [1.54, 1.807) is 18.4 Å². The summed E-state index contributed by atoms with van der Waals surface area (Å²) < 4.78 is 24.2. The maximum atomic E-state index is 13.6. The molecule has 2 aromatic carbocycles. The second-order valence-electron chi connectivity index (χ2n) is 8.86. The first-order chi connectivity index (χ1) is 19.0. The average Bonchev–Trinajstić information content (AvgIpc) is 3.69. The van der Waals surface area contributed by atoms with Crippen molar-refractivity contribution in [2.75, 3.05) is 13.4 Å². The molecule has 2 aliphatic heterocycles. The van der Waals surface area contributed by atoms with Gasteiger partial charge in [0.15, 0.2) is 16.3 Å². The lowest BCUT2D eigenvalue weighted by Crippen LogP contribution is -2.39. The number of hydrogen-bond acceptors (Lipinski definition) is 9. The molecule has 10 heteroatoms. The van der Waals surface area contributed by atoms with Crippen molar-refractivity contribution in [1.82, 2.24) is 4.57 Å². The summed E-state index contributed by atoms with van der Waals surface area (Å²) in [7, 11) is 0. The number of ether oxygens (including phenoxy) is 4. The Hall–Kier alpha value is -4.15. The van der Waals surface area contributed by atoms with Crippen LogP contribution in [0.4, 0.5) is 0 Å². The zero-order chi connectivity index (χ0) is 26.9. The molecule has 2 aromatic heterocycles. The highest BCUT2D eigenvalue weighted by molar-refractivity contribution is 7.10. The fraction of sp³-hybridized carbons (Fsp3) is 0.207. The number of thiazole rings is 1. The van der Waals surface area contributed by atoms with Crippen LogP contribution in [0, 0.1) is 0 Å². The van der Waals surface area contributed by atoms with Crippen LogP contribution in [-0.4, -0.2) is 23.9 Å². The molecule has 0 unspecified atom stereocenters.